The minimum Gasteiger partial charge on any atom is -0.495 e. The first kappa shape index (κ1) is 27.6. The van der Waals surface area contributed by atoms with Crippen molar-refractivity contribution in [3.05, 3.63) is 78.4 Å². The monoisotopic (exact) mass is 529 g/mol. The molecule has 9 heteroatoms. The molecule has 1 N–H and O–H groups in total. The predicted molar refractivity (Wildman–Crippen MR) is 151 cm³/mol. The Balaban J connectivity index is 1.90. The molecular formula is C30H35N5O4. The quantitative estimate of drug-likeness (QED) is 0.296. The van der Waals surface area contributed by atoms with Gasteiger partial charge < -0.3 is 14.8 Å². The third kappa shape index (κ3) is 6.03. The number of amides is 2. The molecule has 3 aromatic carbocycles. The Labute approximate surface area is 228 Å². The Hall–Kier alpha value is -4.40. The van der Waals surface area contributed by atoms with Crippen molar-refractivity contribution in [1.82, 2.24) is 20.3 Å². The van der Waals surface area contributed by atoms with Crippen molar-refractivity contribution in [3.63, 3.8) is 0 Å². The lowest BCUT2D eigenvalue weighted by atomic mass is 9.97. The number of hydrogen-bond acceptors (Lipinski definition) is 6. The molecule has 39 heavy (non-hydrogen) atoms. The van der Waals surface area contributed by atoms with Gasteiger partial charge in [0, 0.05) is 11.1 Å². The molecule has 0 saturated carbocycles. The van der Waals surface area contributed by atoms with E-state index in [0.29, 0.717) is 46.8 Å². The molecule has 0 fully saturated rings. The summed E-state index contributed by atoms with van der Waals surface area (Å²) < 4.78 is 13.1. The molecule has 204 valence electrons. The number of hydrogen-bond donors (Lipinski definition) is 1. The first-order valence-electron chi connectivity index (χ1n) is 13.1. The zero-order valence-electron chi connectivity index (χ0n) is 23.0. The summed E-state index contributed by atoms with van der Waals surface area (Å²) in [4.78, 5) is 30.0. The topological polar surface area (TPSA) is 98.6 Å². The van der Waals surface area contributed by atoms with Gasteiger partial charge in [0.25, 0.3) is 0 Å². The molecule has 1 heterocycles. The summed E-state index contributed by atoms with van der Waals surface area (Å²) in [5.74, 6) is 0.275. The normalized spacial score (nSPS) is 12.1. The Morgan fingerprint density at radius 3 is 2.36 bits per heavy atom. The van der Waals surface area contributed by atoms with Crippen LogP contribution in [0.25, 0.3) is 11.0 Å². The Morgan fingerprint density at radius 2 is 1.64 bits per heavy atom. The van der Waals surface area contributed by atoms with E-state index in [1.165, 1.54) is 12.0 Å². The van der Waals surface area contributed by atoms with Crippen LogP contribution in [0.15, 0.2) is 72.8 Å². The number of nitrogens with one attached hydrogen (secondary N) is 1. The minimum atomic E-state index is -1.06. The third-order valence-electron chi connectivity index (χ3n) is 6.68. The second kappa shape index (κ2) is 12.0. The van der Waals surface area contributed by atoms with Gasteiger partial charge in [0.05, 0.1) is 24.9 Å². The van der Waals surface area contributed by atoms with Gasteiger partial charge in [-0.1, -0.05) is 54.6 Å². The lowest BCUT2D eigenvalue weighted by molar-refractivity contribution is -0.128. The number of rotatable bonds is 11. The fraction of sp³-hybridized carbons (Fsp3) is 0.333. The van der Waals surface area contributed by atoms with E-state index in [4.69, 9.17) is 9.47 Å². The van der Waals surface area contributed by atoms with E-state index >= 15 is 0 Å². The van der Waals surface area contributed by atoms with Crippen molar-refractivity contribution in [1.29, 1.82) is 0 Å². The van der Waals surface area contributed by atoms with Crippen molar-refractivity contribution < 1.29 is 19.1 Å². The van der Waals surface area contributed by atoms with Crippen molar-refractivity contribution in [3.8, 4) is 11.5 Å². The number of aromatic nitrogens is 3. The summed E-state index contributed by atoms with van der Waals surface area (Å²) in [7, 11) is 1.54. The first-order chi connectivity index (χ1) is 18.8. The van der Waals surface area contributed by atoms with E-state index in [1.807, 2.05) is 82.3 Å². The van der Waals surface area contributed by atoms with Crippen LogP contribution < -0.4 is 19.7 Å². The molecule has 0 aliphatic rings. The molecule has 1 aromatic heterocycles. The average Bonchev–Trinajstić information content (AvgIpc) is 3.34. The van der Waals surface area contributed by atoms with Gasteiger partial charge in [-0.05, 0) is 57.5 Å². The maximum absolute atomic E-state index is 14.3. The highest BCUT2D eigenvalue weighted by Gasteiger charge is 2.38. The summed E-state index contributed by atoms with van der Waals surface area (Å²) in [6, 6.07) is 20.8. The molecule has 2 amide bonds. The number of ether oxygens (including phenoxy) is 2. The van der Waals surface area contributed by atoms with E-state index in [9.17, 15) is 9.59 Å². The number of methoxy groups -OCH3 is 1. The fourth-order valence-electron chi connectivity index (χ4n) is 4.37. The van der Waals surface area contributed by atoms with Gasteiger partial charge in [-0.3, -0.25) is 14.5 Å². The standard InChI is InChI=1S/C30H35N5O4/c1-6-30(3,4)31-29(37)28(21-14-8-12-18-25(21)39-7-2)35(24-17-11-13-19-26(24)38-5)27(36)20-34-23-16-10-9-15-22(23)32-33-34/h8-19,28H,6-7,20H2,1-5H3,(H,31,37)/t28-/m1/s1. The van der Waals surface area contributed by atoms with Crippen LogP contribution in [-0.2, 0) is 16.1 Å². The molecule has 1 atom stereocenters. The van der Waals surface area contributed by atoms with Gasteiger partial charge in [0.2, 0.25) is 11.8 Å². The lowest BCUT2D eigenvalue weighted by Gasteiger charge is -2.35. The second-order valence-corrected chi connectivity index (χ2v) is 9.77. The summed E-state index contributed by atoms with van der Waals surface area (Å²) in [5, 5.41) is 11.5. The number of anilines is 1. The molecular weight excluding hydrogens is 494 g/mol. The van der Waals surface area contributed by atoms with Gasteiger partial charge in [-0.2, -0.15) is 0 Å². The Morgan fingerprint density at radius 1 is 0.974 bits per heavy atom. The number of para-hydroxylation sites is 4. The molecule has 0 spiro atoms. The highest BCUT2D eigenvalue weighted by molar-refractivity contribution is 6.03. The van der Waals surface area contributed by atoms with Crippen LogP contribution in [0.3, 0.4) is 0 Å². The molecule has 0 bridgehead atoms. The SMILES string of the molecule is CCOc1ccccc1[C@H](C(=O)NC(C)(C)CC)N(C(=O)Cn1nnc2ccccc21)c1ccccc1OC. The number of carbonyl (C=O) groups is 2. The highest BCUT2D eigenvalue weighted by atomic mass is 16.5. The highest BCUT2D eigenvalue weighted by Crippen LogP contribution is 2.38. The first-order valence-corrected chi connectivity index (χ1v) is 13.1. The van der Waals surface area contributed by atoms with E-state index in [0.717, 1.165) is 0 Å². The molecule has 9 nitrogen and oxygen atoms in total. The molecule has 0 saturated heterocycles. The van der Waals surface area contributed by atoms with Crippen molar-refractivity contribution >= 4 is 28.5 Å². The molecule has 0 radical (unpaired) electrons. The maximum atomic E-state index is 14.3. The Kier molecular flexibility index (Phi) is 8.49. The maximum Gasteiger partial charge on any atom is 0.249 e. The fourth-order valence-corrected chi connectivity index (χ4v) is 4.37. The van der Waals surface area contributed by atoms with Crippen LogP contribution in [-0.4, -0.2) is 46.1 Å². The average molecular weight is 530 g/mol. The van der Waals surface area contributed by atoms with Crippen molar-refractivity contribution in [2.45, 2.75) is 52.2 Å². The molecule has 4 aromatic rings. The summed E-state index contributed by atoms with van der Waals surface area (Å²) in [6.07, 6.45) is 0.701. The molecule has 0 aliphatic heterocycles. The summed E-state index contributed by atoms with van der Waals surface area (Å²) in [5.41, 5.74) is 1.90. The molecule has 0 aliphatic carbocycles. The zero-order chi connectivity index (χ0) is 28.0. The van der Waals surface area contributed by atoms with Crippen molar-refractivity contribution in [2.75, 3.05) is 18.6 Å². The predicted octanol–water partition coefficient (Wildman–Crippen LogP) is 4.92. The molecule has 0 unspecified atom stereocenters. The van der Waals surface area contributed by atoms with Crippen LogP contribution in [0.5, 0.6) is 11.5 Å². The van der Waals surface area contributed by atoms with Crippen LogP contribution >= 0.6 is 0 Å². The number of nitrogens with zero attached hydrogens (tertiary/aromatic N) is 4. The number of benzene rings is 3. The Bertz CT molecular complexity index is 1450. The van der Waals surface area contributed by atoms with Crippen molar-refractivity contribution in [2.24, 2.45) is 0 Å². The third-order valence-corrected chi connectivity index (χ3v) is 6.68. The lowest BCUT2D eigenvalue weighted by Crippen LogP contribution is -2.51. The summed E-state index contributed by atoms with van der Waals surface area (Å²) in [6.45, 7) is 8.05. The van der Waals surface area contributed by atoms with Gasteiger partial charge in [0.1, 0.15) is 29.6 Å². The summed E-state index contributed by atoms with van der Waals surface area (Å²) >= 11 is 0. The van der Waals surface area contributed by atoms with Gasteiger partial charge >= 0.3 is 0 Å². The number of carbonyl (C=O) groups excluding carboxylic acids is 2. The second-order valence-electron chi connectivity index (χ2n) is 9.77. The largest absolute Gasteiger partial charge is 0.495 e. The smallest absolute Gasteiger partial charge is 0.249 e. The van der Waals surface area contributed by atoms with Gasteiger partial charge in [-0.25, -0.2) is 4.68 Å². The van der Waals surface area contributed by atoms with Crippen LogP contribution in [0, 0.1) is 0 Å². The van der Waals surface area contributed by atoms with Crippen LogP contribution in [0.1, 0.15) is 45.7 Å². The number of fused-ring (bicyclic) bond motifs is 1. The van der Waals surface area contributed by atoms with E-state index in [2.05, 4.69) is 15.6 Å². The van der Waals surface area contributed by atoms with E-state index in [-0.39, 0.29) is 18.4 Å². The van der Waals surface area contributed by atoms with Gasteiger partial charge in [0.15, 0.2) is 0 Å². The zero-order valence-corrected chi connectivity index (χ0v) is 23.0. The van der Waals surface area contributed by atoms with Gasteiger partial charge in [-0.15, -0.1) is 5.10 Å². The van der Waals surface area contributed by atoms with Crippen LogP contribution in [0.4, 0.5) is 5.69 Å². The van der Waals surface area contributed by atoms with E-state index in [1.54, 1.807) is 22.9 Å². The minimum absolute atomic E-state index is 0.143. The van der Waals surface area contributed by atoms with Crippen LogP contribution in [0.2, 0.25) is 0 Å². The van der Waals surface area contributed by atoms with E-state index < -0.39 is 11.6 Å². The molecule has 4 rings (SSSR count).